The molecule has 8 heteroatoms. The number of carboxylic acids is 1. The summed E-state index contributed by atoms with van der Waals surface area (Å²) in [6.45, 7) is 4.35. The molecule has 0 bridgehead atoms. The summed E-state index contributed by atoms with van der Waals surface area (Å²) in [7, 11) is 1.58. The van der Waals surface area contributed by atoms with Crippen molar-refractivity contribution in [1.29, 1.82) is 0 Å². The minimum atomic E-state index is -0.776. The zero-order valence-electron chi connectivity index (χ0n) is 18.5. The van der Waals surface area contributed by atoms with Crippen molar-refractivity contribution in [3.63, 3.8) is 0 Å². The third-order valence-corrected chi connectivity index (χ3v) is 6.31. The van der Waals surface area contributed by atoms with Crippen LogP contribution in [0, 0.1) is 11.7 Å². The number of benzene rings is 1. The van der Waals surface area contributed by atoms with Gasteiger partial charge in [-0.25, -0.2) is 9.37 Å². The molecule has 2 saturated heterocycles. The highest BCUT2D eigenvalue weighted by molar-refractivity contribution is 5.69. The van der Waals surface area contributed by atoms with E-state index in [-0.39, 0.29) is 24.4 Å². The number of ether oxygens (including phenoxy) is 2. The number of halogens is 1. The molecule has 172 valence electrons. The van der Waals surface area contributed by atoms with Gasteiger partial charge in [0.05, 0.1) is 31.1 Å². The van der Waals surface area contributed by atoms with Gasteiger partial charge < -0.3 is 24.4 Å². The Kier molecular flexibility index (Phi) is 6.67. The van der Waals surface area contributed by atoms with Gasteiger partial charge in [-0.3, -0.25) is 4.79 Å². The molecule has 0 amide bonds. The lowest BCUT2D eigenvalue weighted by atomic mass is 10.1. The molecular formula is C24H30FN3O4. The Morgan fingerprint density at radius 1 is 1.25 bits per heavy atom. The minimum Gasteiger partial charge on any atom is -0.497 e. The van der Waals surface area contributed by atoms with Crippen LogP contribution in [0.15, 0.2) is 36.5 Å². The van der Waals surface area contributed by atoms with E-state index in [0.29, 0.717) is 36.3 Å². The van der Waals surface area contributed by atoms with Gasteiger partial charge in [-0.15, -0.1) is 0 Å². The highest BCUT2D eigenvalue weighted by atomic mass is 19.1. The average Bonchev–Trinajstić information content (AvgIpc) is 3.14. The molecule has 2 aromatic rings. The molecule has 2 fully saturated rings. The molecule has 3 heterocycles. The molecule has 1 aromatic heterocycles. The summed E-state index contributed by atoms with van der Waals surface area (Å²) in [6.07, 6.45) is 4.33. The molecule has 7 nitrogen and oxygen atoms in total. The van der Waals surface area contributed by atoms with E-state index in [1.807, 2.05) is 17.0 Å². The highest BCUT2D eigenvalue weighted by Gasteiger charge is 2.31. The summed E-state index contributed by atoms with van der Waals surface area (Å²) in [6, 6.07) is 8.59. The topological polar surface area (TPSA) is 75.1 Å². The van der Waals surface area contributed by atoms with Crippen molar-refractivity contribution >= 4 is 17.3 Å². The second-order valence-electron chi connectivity index (χ2n) is 8.72. The fraction of sp³-hybridized carbons (Fsp3) is 0.500. The smallest absolute Gasteiger partial charge is 0.305 e. The maximum Gasteiger partial charge on any atom is 0.305 e. The Balaban J connectivity index is 1.33. The molecule has 2 aliphatic rings. The molecule has 2 aliphatic heterocycles. The van der Waals surface area contributed by atoms with Gasteiger partial charge in [0.1, 0.15) is 17.7 Å². The predicted octanol–water partition coefficient (Wildman–Crippen LogP) is 3.97. The molecule has 1 N–H and O–H groups in total. The fourth-order valence-electron chi connectivity index (χ4n) is 4.72. The first-order chi connectivity index (χ1) is 15.4. The fourth-order valence-corrected chi connectivity index (χ4v) is 4.72. The van der Waals surface area contributed by atoms with Gasteiger partial charge in [-0.1, -0.05) is 6.92 Å². The number of aromatic nitrogens is 1. The van der Waals surface area contributed by atoms with Crippen molar-refractivity contribution in [3.8, 4) is 11.6 Å². The Bertz CT molecular complexity index is 931. The Hall–Kier alpha value is -3.03. The first kappa shape index (κ1) is 22.2. The van der Waals surface area contributed by atoms with E-state index in [2.05, 4.69) is 16.8 Å². The number of pyridine rings is 1. The Morgan fingerprint density at radius 3 is 2.69 bits per heavy atom. The number of rotatable bonds is 7. The van der Waals surface area contributed by atoms with E-state index < -0.39 is 5.97 Å². The Labute approximate surface area is 187 Å². The lowest BCUT2D eigenvalue weighted by molar-refractivity contribution is -0.137. The van der Waals surface area contributed by atoms with Crippen molar-refractivity contribution in [2.75, 3.05) is 36.5 Å². The summed E-state index contributed by atoms with van der Waals surface area (Å²) in [4.78, 5) is 19.8. The van der Waals surface area contributed by atoms with Crippen LogP contribution < -0.4 is 19.3 Å². The number of anilines is 2. The minimum absolute atomic E-state index is 0.00241. The third kappa shape index (κ3) is 5.06. The number of methoxy groups -OCH3 is 1. The summed E-state index contributed by atoms with van der Waals surface area (Å²) < 4.78 is 25.5. The average molecular weight is 444 g/mol. The van der Waals surface area contributed by atoms with Crippen molar-refractivity contribution in [1.82, 2.24) is 4.98 Å². The first-order valence-corrected chi connectivity index (χ1v) is 11.1. The van der Waals surface area contributed by atoms with Crippen molar-refractivity contribution < 1.29 is 23.8 Å². The SMILES string of the molecule is COc1ccc(F)c(N2CCC(Oc3ccc(N4C[C@H](C)C[C@H]4CC(=O)O)cn3)CC2)c1. The Morgan fingerprint density at radius 2 is 2.03 bits per heavy atom. The van der Waals surface area contributed by atoms with Crippen LogP contribution in [0.1, 0.15) is 32.6 Å². The summed E-state index contributed by atoms with van der Waals surface area (Å²) in [5.41, 5.74) is 1.48. The van der Waals surface area contributed by atoms with Gasteiger partial charge in [-0.05, 0) is 30.5 Å². The van der Waals surface area contributed by atoms with E-state index in [1.165, 1.54) is 6.07 Å². The molecule has 0 saturated carbocycles. The quantitative estimate of drug-likeness (QED) is 0.694. The molecular weight excluding hydrogens is 413 g/mol. The van der Waals surface area contributed by atoms with Gasteiger partial charge in [0.25, 0.3) is 0 Å². The molecule has 32 heavy (non-hydrogen) atoms. The predicted molar refractivity (Wildman–Crippen MR) is 120 cm³/mol. The second-order valence-corrected chi connectivity index (χ2v) is 8.72. The van der Waals surface area contributed by atoms with E-state index in [9.17, 15) is 14.3 Å². The van der Waals surface area contributed by atoms with Crippen LogP contribution in [0.5, 0.6) is 11.6 Å². The summed E-state index contributed by atoms with van der Waals surface area (Å²) in [5, 5.41) is 9.19. The zero-order valence-corrected chi connectivity index (χ0v) is 18.5. The van der Waals surface area contributed by atoms with E-state index in [4.69, 9.17) is 9.47 Å². The second kappa shape index (κ2) is 9.63. The van der Waals surface area contributed by atoms with Crippen molar-refractivity contribution in [2.45, 2.75) is 44.8 Å². The van der Waals surface area contributed by atoms with E-state index in [1.54, 1.807) is 25.4 Å². The number of hydrogen-bond acceptors (Lipinski definition) is 6. The number of piperidine rings is 1. The van der Waals surface area contributed by atoms with Crippen LogP contribution in [0.3, 0.4) is 0 Å². The molecule has 0 aliphatic carbocycles. The molecule has 0 spiro atoms. The van der Waals surface area contributed by atoms with E-state index in [0.717, 1.165) is 31.5 Å². The monoisotopic (exact) mass is 443 g/mol. The van der Waals surface area contributed by atoms with Crippen LogP contribution in [-0.4, -0.2) is 54.9 Å². The van der Waals surface area contributed by atoms with Crippen LogP contribution in [0.25, 0.3) is 0 Å². The molecule has 0 unspecified atom stereocenters. The van der Waals surface area contributed by atoms with Gasteiger partial charge in [-0.2, -0.15) is 0 Å². The largest absolute Gasteiger partial charge is 0.497 e. The molecule has 2 atom stereocenters. The first-order valence-electron chi connectivity index (χ1n) is 11.1. The van der Waals surface area contributed by atoms with Gasteiger partial charge in [0.15, 0.2) is 0 Å². The van der Waals surface area contributed by atoms with E-state index >= 15 is 0 Å². The number of aliphatic carboxylic acids is 1. The lowest BCUT2D eigenvalue weighted by Gasteiger charge is -2.33. The highest BCUT2D eigenvalue weighted by Crippen LogP contribution is 2.32. The zero-order chi connectivity index (χ0) is 22.7. The summed E-state index contributed by atoms with van der Waals surface area (Å²) in [5.74, 6) is 0.626. The van der Waals surface area contributed by atoms with Crippen LogP contribution >= 0.6 is 0 Å². The molecule has 4 rings (SSSR count). The molecule has 1 aromatic carbocycles. The van der Waals surface area contributed by atoms with Crippen molar-refractivity contribution in [3.05, 3.63) is 42.3 Å². The molecule has 0 radical (unpaired) electrons. The van der Waals surface area contributed by atoms with Crippen molar-refractivity contribution in [2.24, 2.45) is 5.92 Å². The maximum atomic E-state index is 14.2. The standard InChI is InChI=1S/C24H30FN3O4/c1-16-11-18(12-24(29)30)28(15-16)17-3-6-23(26-14-17)32-19-7-9-27(10-8-19)22-13-20(31-2)4-5-21(22)25/h3-6,13-14,16,18-19H,7-12,15H2,1-2H3,(H,29,30)/t16-,18+/m1/s1. The van der Waals surface area contributed by atoms with Crippen LogP contribution in [-0.2, 0) is 4.79 Å². The normalized spacial score (nSPS) is 21.6. The third-order valence-electron chi connectivity index (χ3n) is 6.31. The van der Waals surface area contributed by atoms with Crippen LogP contribution in [0.2, 0.25) is 0 Å². The van der Waals surface area contributed by atoms with Gasteiger partial charge in [0.2, 0.25) is 5.88 Å². The number of hydrogen-bond donors (Lipinski definition) is 1. The number of carbonyl (C=O) groups is 1. The number of carboxylic acid groups (broad SMARTS) is 1. The van der Waals surface area contributed by atoms with Gasteiger partial charge >= 0.3 is 5.97 Å². The van der Waals surface area contributed by atoms with Gasteiger partial charge in [0, 0.05) is 50.7 Å². The number of nitrogens with zero attached hydrogens (tertiary/aromatic N) is 3. The lowest BCUT2D eigenvalue weighted by Crippen LogP contribution is -2.38. The maximum absolute atomic E-state index is 14.2. The van der Waals surface area contributed by atoms with Crippen LogP contribution in [0.4, 0.5) is 15.8 Å². The summed E-state index contributed by atoms with van der Waals surface area (Å²) >= 11 is 0.